The Morgan fingerprint density at radius 3 is 2.71 bits per heavy atom. The molecule has 0 saturated heterocycles. The molecule has 0 spiro atoms. The molecule has 0 amide bonds. The van der Waals surface area contributed by atoms with Crippen LogP contribution in [0.2, 0.25) is 0 Å². The predicted octanol–water partition coefficient (Wildman–Crippen LogP) is 2.78. The molecule has 1 aromatic heterocycles. The Morgan fingerprint density at radius 1 is 1.47 bits per heavy atom. The number of nitrogens with one attached hydrogen (secondary N) is 1. The van der Waals surface area contributed by atoms with E-state index in [2.05, 4.69) is 50.1 Å². The van der Waals surface area contributed by atoms with Gasteiger partial charge in [-0.15, -0.1) is 0 Å². The van der Waals surface area contributed by atoms with Gasteiger partial charge in [-0.1, -0.05) is 6.92 Å². The monoisotopic (exact) mass is 235 g/mol. The Labute approximate surface area is 105 Å². The molecule has 1 saturated carbocycles. The second-order valence-electron chi connectivity index (χ2n) is 5.59. The van der Waals surface area contributed by atoms with Crippen molar-refractivity contribution in [1.82, 2.24) is 15.1 Å². The van der Waals surface area contributed by atoms with Gasteiger partial charge < -0.3 is 5.32 Å². The third kappa shape index (κ3) is 2.54. The van der Waals surface area contributed by atoms with E-state index in [-0.39, 0.29) is 0 Å². The van der Waals surface area contributed by atoms with Gasteiger partial charge in [0.1, 0.15) is 0 Å². The zero-order valence-corrected chi connectivity index (χ0v) is 11.5. The van der Waals surface area contributed by atoms with Crippen molar-refractivity contribution in [3.63, 3.8) is 0 Å². The van der Waals surface area contributed by atoms with E-state index >= 15 is 0 Å². The predicted molar refractivity (Wildman–Crippen MR) is 71.1 cm³/mol. The van der Waals surface area contributed by atoms with Crippen molar-refractivity contribution in [3.8, 4) is 0 Å². The van der Waals surface area contributed by atoms with Crippen LogP contribution in [0.1, 0.15) is 51.8 Å². The first-order valence-electron chi connectivity index (χ1n) is 6.82. The summed E-state index contributed by atoms with van der Waals surface area (Å²) < 4.78 is 2.11. The van der Waals surface area contributed by atoms with Crippen molar-refractivity contribution in [1.29, 1.82) is 0 Å². The number of rotatable bonds is 6. The molecular formula is C14H25N3. The first-order chi connectivity index (χ1) is 8.11. The zero-order chi connectivity index (χ0) is 12.5. The Bertz CT molecular complexity index is 365. The average Bonchev–Trinajstić information content (AvgIpc) is 2.98. The molecule has 3 heteroatoms. The minimum Gasteiger partial charge on any atom is -0.317 e. The molecule has 1 aliphatic carbocycles. The summed E-state index contributed by atoms with van der Waals surface area (Å²) in [5, 5.41) is 8.11. The molecule has 3 nitrogen and oxygen atoms in total. The molecule has 0 bridgehead atoms. The maximum absolute atomic E-state index is 4.71. The van der Waals surface area contributed by atoms with E-state index in [1.807, 2.05) is 0 Å². The summed E-state index contributed by atoms with van der Waals surface area (Å²) in [6.45, 7) is 6.72. The van der Waals surface area contributed by atoms with Crippen molar-refractivity contribution < 1.29 is 0 Å². The maximum Gasteiger partial charge on any atom is 0.0630 e. The second kappa shape index (κ2) is 4.81. The van der Waals surface area contributed by atoms with E-state index in [4.69, 9.17) is 5.10 Å². The molecule has 1 fully saturated rings. The lowest BCUT2D eigenvalue weighted by Crippen LogP contribution is -2.33. The summed E-state index contributed by atoms with van der Waals surface area (Å²) in [6.07, 6.45) is 7.07. The highest BCUT2D eigenvalue weighted by atomic mass is 15.3. The second-order valence-corrected chi connectivity index (χ2v) is 5.59. The van der Waals surface area contributed by atoms with Gasteiger partial charge in [0.2, 0.25) is 0 Å². The first kappa shape index (κ1) is 12.6. The van der Waals surface area contributed by atoms with Crippen LogP contribution in [0.3, 0.4) is 0 Å². The molecule has 2 unspecified atom stereocenters. The van der Waals surface area contributed by atoms with Gasteiger partial charge in [-0.05, 0) is 58.1 Å². The molecule has 1 aliphatic rings. The quantitative estimate of drug-likeness (QED) is 0.821. The number of hydrogen-bond acceptors (Lipinski definition) is 2. The van der Waals surface area contributed by atoms with Crippen LogP contribution < -0.4 is 5.32 Å². The van der Waals surface area contributed by atoms with Gasteiger partial charge in [-0.2, -0.15) is 5.10 Å². The van der Waals surface area contributed by atoms with Crippen molar-refractivity contribution in [2.24, 2.45) is 5.41 Å². The molecular weight excluding hydrogens is 210 g/mol. The van der Waals surface area contributed by atoms with Crippen LogP contribution in [0, 0.1) is 5.41 Å². The Balaban J connectivity index is 2.02. The van der Waals surface area contributed by atoms with Gasteiger partial charge in [0.05, 0.1) is 5.69 Å². The fourth-order valence-corrected chi connectivity index (χ4v) is 2.49. The number of aromatic nitrogens is 2. The smallest absolute Gasteiger partial charge is 0.0630 e. The lowest BCUT2D eigenvalue weighted by atomic mass is 9.92. The van der Waals surface area contributed by atoms with Crippen molar-refractivity contribution in [3.05, 3.63) is 18.0 Å². The average molecular weight is 235 g/mol. The van der Waals surface area contributed by atoms with Crippen molar-refractivity contribution >= 4 is 0 Å². The maximum atomic E-state index is 4.71. The summed E-state index contributed by atoms with van der Waals surface area (Å²) in [6, 6.07) is 3.30. The summed E-state index contributed by atoms with van der Waals surface area (Å²) in [5.74, 6) is 0. The summed E-state index contributed by atoms with van der Waals surface area (Å²) >= 11 is 0. The van der Waals surface area contributed by atoms with Gasteiger partial charge in [-0.3, -0.25) is 4.68 Å². The topological polar surface area (TPSA) is 29.9 Å². The molecule has 2 rings (SSSR count). The Morgan fingerprint density at radius 2 is 2.18 bits per heavy atom. The Kier molecular flexibility index (Phi) is 3.57. The normalized spacial score (nSPS) is 21.2. The van der Waals surface area contributed by atoms with Crippen LogP contribution in [0.4, 0.5) is 0 Å². The van der Waals surface area contributed by atoms with Gasteiger partial charge in [0.25, 0.3) is 0 Å². The minimum absolute atomic E-state index is 0.476. The lowest BCUT2D eigenvalue weighted by molar-refractivity contribution is 0.363. The van der Waals surface area contributed by atoms with Crippen LogP contribution in [0.15, 0.2) is 12.3 Å². The van der Waals surface area contributed by atoms with Gasteiger partial charge in [0.15, 0.2) is 0 Å². The molecule has 96 valence electrons. The highest BCUT2D eigenvalue weighted by Gasteiger charge is 2.47. The standard InChI is InChI=1S/C14H25N3/c1-5-11(2)17-9-6-13(16-17)10-14(7-8-14)12(3)15-4/h6,9,11-12,15H,5,7-8,10H2,1-4H3. The fraction of sp³-hybridized carbons (Fsp3) is 0.786. The van der Waals surface area contributed by atoms with Crippen molar-refractivity contribution in [2.75, 3.05) is 7.05 Å². The third-order valence-electron chi connectivity index (χ3n) is 4.48. The Hall–Kier alpha value is -0.830. The third-order valence-corrected chi connectivity index (χ3v) is 4.48. The van der Waals surface area contributed by atoms with E-state index in [1.165, 1.54) is 18.5 Å². The number of nitrogens with zero attached hydrogens (tertiary/aromatic N) is 2. The SMILES string of the molecule is CCC(C)n1ccc(CC2(C(C)NC)CC2)n1. The molecule has 0 aromatic carbocycles. The van der Waals surface area contributed by atoms with E-state index < -0.39 is 0 Å². The van der Waals surface area contributed by atoms with Crippen LogP contribution in [-0.2, 0) is 6.42 Å². The van der Waals surface area contributed by atoms with E-state index in [0.29, 0.717) is 17.5 Å². The first-order valence-corrected chi connectivity index (χ1v) is 6.82. The molecule has 0 aliphatic heterocycles. The molecule has 0 radical (unpaired) electrons. The molecule has 2 atom stereocenters. The van der Waals surface area contributed by atoms with Crippen LogP contribution in [0.25, 0.3) is 0 Å². The van der Waals surface area contributed by atoms with E-state index in [0.717, 1.165) is 12.8 Å². The summed E-state index contributed by atoms with van der Waals surface area (Å²) in [7, 11) is 2.06. The lowest BCUT2D eigenvalue weighted by Gasteiger charge is -2.21. The molecule has 1 heterocycles. The van der Waals surface area contributed by atoms with Crippen molar-refractivity contribution in [2.45, 2.75) is 58.5 Å². The molecule has 1 aromatic rings. The van der Waals surface area contributed by atoms with E-state index in [9.17, 15) is 0 Å². The highest BCUT2D eigenvalue weighted by molar-refractivity contribution is 5.11. The largest absolute Gasteiger partial charge is 0.317 e. The van der Waals surface area contributed by atoms with Crippen LogP contribution in [-0.4, -0.2) is 22.9 Å². The van der Waals surface area contributed by atoms with Crippen LogP contribution >= 0.6 is 0 Å². The number of hydrogen-bond donors (Lipinski definition) is 1. The molecule has 17 heavy (non-hydrogen) atoms. The van der Waals surface area contributed by atoms with Gasteiger partial charge >= 0.3 is 0 Å². The van der Waals surface area contributed by atoms with Gasteiger partial charge in [-0.25, -0.2) is 0 Å². The van der Waals surface area contributed by atoms with E-state index in [1.54, 1.807) is 0 Å². The van der Waals surface area contributed by atoms with Crippen LogP contribution in [0.5, 0.6) is 0 Å². The summed E-state index contributed by atoms with van der Waals surface area (Å²) in [5.41, 5.74) is 1.73. The van der Waals surface area contributed by atoms with Gasteiger partial charge in [0, 0.05) is 18.3 Å². The minimum atomic E-state index is 0.476. The fourth-order valence-electron chi connectivity index (χ4n) is 2.49. The summed E-state index contributed by atoms with van der Waals surface area (Å²) in [4.78, 5) is 0. The highest BCUT2D eigenvalue weighted by Crippen LogP contribution is 2.50. The zero-order valence-electron chi connectivity index (χ0n) is 11.5. The molecule has 1 N–H and O–H groups in total.